The highest BCUT2D eigenvalue weighted by Crippen LogP contribution is 2.63. The molecule has 0 aromatic heterocycles. The second kappa shape index (κ2) is 30.7. The number of rotatable bonds is 16. The Bertz CT molecular complexity index is 8150. The summed E-state index contributed by atoms with van der Waals surface area (Å²) in [5.74, 6) is 0. The van der Waals surface area contributed by atoms with Crippen LogP contribution < -0.4 is 9.80 Å². The van der Waals surface area contributed by atoms with E-state index in [1.807, 2.05) is 0 Å². The molecule has 0 aliphatic heterocycles. The van der Waals surface area contributed by atoms with Crippen molar-refractivity contribution >= 4 is 55.7 Å². The summed E-state index contributed by atoms with van der Waals surface area (Å²) in [6, 6.07) is 184. The molecule has 2 heteroatoms. The van der Waals surface area contributed by atoms with Crippen LogP contribution in [0.15, 0.2) is 485 Å². The first-order chi connectivity index (χ1) is 65.0. The lowest BCUT2D eigenvalue weighted by Gasteiger charge is -2.35. The first-order valence-corrected chi connectivity index (χ1v) is 46.3. The molecule has 0 radical (unpaired) electrons. The Balaban J connectivity index is 0.615. The summed E-state index contributed by atoms with van der Waals surface area (Å²) in [4.78, 5) is 5.09. The molecule has 4 aliphatic rings. The molecule has 2 nitrogen and oxygen atoms in total. The molecule has 0 N–H and O–H groups in total. The van der Waals surface area contributed by atoms with E-state index in [0.29, 0.717) is 0 Å². The van der Waals surface area contributed by atoms with Crippen molar-refractivity contribution in [2.24, 2.45) is 0 Å². The van der Waals surface area contributed by atoms with Gasteiger partial charge in [0.05, 0.1) is 22.2 Å². The van der Waals surface area contributed by atoms with Crippen LogP contribution in [0, 0.1) is 0 Å². The van der Waals surface area contributed by atoms with Crippen LogP contribution in [-0.2, 0) is 21.7 Å². The van der Waals surface area contributed by atoms with Gasteiger partial charge in [-0.15, -0.1) is 0 Å². The number of nitrogens with zero attached hydrogens (tertiary/aromatic N) is 2. The fraction of sp³-hybridized carbons (Fsp3) is 0.0615. The van der Waals surface area contributed by atoms with E-state index in [2.05, 4.69) is 523 Å². The third-order valence-corrected chi connectivity index (χ3v) is 29.6. The van der Waals surface area contributed by atoms with E-state index in [9.17, 15) is 0 Å². The molecule has 622 valence electrons. The first-order valence-electron chi connectivity index (χ1n) is 46.3. The maximum absolute atomic E-state index is 2.54. The summed E-state index contributed by atoms with van der Waals surface area (Å²) in [6.07, 6.45) is 0. The van der Waals surface area contributed by atoms with Crippen LogP contribution in [0.1, 0.15) is 94.5 Å². The van der Waals surface area contributed by atoms with Crippen LogP contribution >= 0.6 is 0 Å². The van der Waals surface area contributed by atoms with Crippen molar-refractivity contribution in [2.45, 2.75) is 49.4 Å². The number of hydrogen-bond donors (Lipinski definition) is 0. The normalized spacial score (nSPS) is 14.6. The van der Waals surface area contributed by atoms with Gasteiger partial charge < -0.3 is 9.80 Å². The highest BCUT2D eigenvalue weighted by molar-refractivity contribution is 6.02. The Labute approximate surface area is 772 Å². The third kappa shape index (κ3) is 12.1. The SMILES string of the molecule is CC1(C)c2cc(-c3cccc4ccccc34)ccc2-c2ccc(N(c3ccc4c(c3)C(c3ccccc3)(c3cccc(-c5cccc(-c6ccc7c(c6)C(c6ccccc6)(c6ccccc6)c6cc(N(c8ccc9c(c8)C(C)(C)c8cc(-c%10cccc%11ccccc%10%11)ccc8-9)c8ccccc8-c8ccccc8)ccc6-7)c5)c3)c3ccccc3-4)c3ccccc3-c3ccccc3)cc21. The van der Waals surface area contributed by atoms with E-state index >= 15 is 0 Å². The zero-order chi connectivity index (χ0) is 88.0. The minimum absolute atomic E-state index is 0.318. The van der Waals surface area contributed by atoms with Crippen molar-refractivity contribution < 1.29 is 0 Å². The Morgan fingerprint density at radius 1 is 0.152 bits per heavy atom. The van der Waals surface area contributed by atoms with Gasteiger partial charge in [0.15, 0.2) is 0 Å². The number of anilines is 6. The second-order valence-corrected chi connectivity index (χ2v) is 37.2. The molecule has 21 aromatic rings. The van der Waals surface area contributed by atoms with Gasteiger partial charge in [0, 0.05) is 44.7 Å². The van der Waals surface area contributed by atoms with Gasteiger partial charge in [-0.2, -0.15) is 0 Å². The molecule has 132 heavy (non-hydrogen) atoms. The Morgan fingerprint density at radius 2 is 0.417 bits per heavy atom. The third-order valence-electron chi connectivity index (χ3n) is 29.6. The number of benzene rings is 21. The maximum Gasteiger partial charge on any atom is 0.0714 e. The molecule has 0 spiro atoms. The van der Waals surface area contributed by atoms with E-state index < -0.39 is 10.8 Å². The number of para-hydroxylation sites is 2. The molecule has 21 aromatic carbocycles. The smallest absolute Gasteiger partial charge is 0.0714 e. The van der Waals surface area contributed by atoms with Crippen LogP contribution in [-0.4, -0.2) is 0 Å². The van der Waals surface area contributed by atoms with E-state index in [1.165, 1.54) is 155 Å². The Kier molecular flexibility index (Phi) is 18.2. The van der Waals surface area contributed by atoms with Gasteiger partial charge in [0.2, 0.25) is 0 Å². The predicted molar refractivity (Wildman–Crippen MR) is 553 cm³/mol. The Hall–Kier alpha value is -16.3. The highest BCUT2D eigenvalue weighted by atomic mass is 15.2. The minimum Gasteiger partial charge on any atom is -0.310 e. The molecule has 0 saturated carbocycles. The van der Waals surface area contributed by atoms with Gasteiger partial charge in [-0.25, -0.2) is 0 Å². The van der Waals surface area contributed by atoms with Gasteiger partial charge >= 0.3 is 0 Å². The van der Waals surface area contributed by atoms with E-state index in [1.54, 1.807) is 0 Å². The lowest BCUT2D eigenvalue weighted by Crippen LogP contribution is -2.29. The lowest BCUT2D eigenvalue weighted by molar-refractivity contribution is 0.660. The summed E-state index contributed by atoms with van der Waals surface area (Å²) in [5.41, 5.74) is 43.7. The molecule has 0 fully saturated rings. The fourth-order valence-electron chi connectivity index (χ4n) is 23.4. The maximum atomic E-state index is 2.54. The molecule has 1 atom stereocenters. The second-order valence-electron chi connectivity index (χ2n) is 37.2. The lowest BCUT2D eigenvalue weighted by atomic mass is 9.67. The van der Waals surface area contributed by atoms with Crippen LogP contribution in [0.2, 0.25) is 0 Å². The first kappa shape index (κ1) is 78.0. The van der Waals surface area contributed by atoms with Crippen molar-refractivity contribution in [2.75, 3.05) is 9.80 Å². The summed E-state index contributed by atoms with van der Waals surface area (Å²) in [5, 5.41) is 5.02. The number of fused-ring (bicyclic) bond motifs is 14. The largest absolute Gasteiger partial charge is 0.310 e. The Morgan fingerprint density at radius 3 is 0.864 bits per heavy atom. The number of hydrogen-bond acceptors (Lipinski definition) is 2. The van der Waals surface area contributed by atoms with Crippen molar-refractivity contribution in [3.05, 3.63) is 552 Å². The topological polar surface area (TPSA) is 6.48 Å². The predicted octanol–water partition coefficient (Wildman–Crippen LogP) is 34.3. The standard InChI is InChI=1S/C130H92N2/c1-127(2)118-79-93(105-57-32-40-85-38-20-22-52-103(85)105)63-70-110(118)112-72-65-99(81-120(112)127)131(125-60-28-25-54-107(125)87-34-10-5-11-35-87)101-68-75-116-114-69-62-92(78-122(114)129(123(116)83-101,95-45-14-7-15-46-95)96-47-16-8-17-48-96)90-43-30-42-89(76-90)91-44-31-51-98(77-91)130(97-49-18-9-19-50-97)117-59-27-24-56-109(117)115-74-67-102(84-124(115)130)132(126-61-29-26-55-108(126)88-36-12-6-13-37-88)100-66-73-113-111-71-64-94(80-119(111)128(3,4)121(113)82-100)106-58-33-41-86-39-21-23-53-104(86)106/h5-84H,1-4H3. The van der Waals surface area contributed by atoms with Gasteiger partial charge in [-0.3, -0.25) is 0 Å². The molecule has 4 aliphatic carbocycles. The zero-order valence-electron chi connectivity index (χ0n) is 74.1. The molecule has 0 amide bonds. The van der Waals surface area contributed by atoms with Gasteiger partial charge in [-0.1, -0.05) is 422 Å². The van der Waals surface area contributed by atoms with Gasteiger partial charge in [0.1, 0.15) is 0 Å². The van der Waals surface area contributed by atoms with Crippen LogP contribution in [0.5, 0.6) is 0 Å². The monoisotopic (exact) mass is 1680 g/mol. The molecular formula is C130H92N2. The molecule has 0 bridgehead atoms. The van der Waals surface area contributed by atoms with E-state index in [4.69, 9.17) is 0 Å². The summed E-state index contributed by atoms with van der Waals surface area (Å²) in [7, 11) is 0. The van der Waals surface area contributed by atoms with Gasteiger partial charge in [0.25, 0.3) is 0 Å². The van der Waals surface area contributed by atoms with E-state index in [0.717, 1.165) is 78.6 Å². The van der Waals surface area contributed by atoms with E-state index in [-0.39, 0.29) is 10.8 Å². The summed E-state index contributed by atoms with van der Waals surface area (Å²) >= 11 is 0. The average Bonchev–Trinajstić information content (AvgIpc) is 1.80. The highest BCUT2D eigenvalue weighted by Gasteiger charge is 2.50. The summed E-state index contributed by atoms with van der Waals surface area (Å²) in [6.45, 7) is 9.68. The quantitative estimate of drug-likeness (QED) is 0.0951. The van der Waals surface area contributed by atoms with Crippen molar-refractivity contribution in [1.29, 1.82) is 0 Å². The van der Waals surface area contributed by atoms with Crippen LogP contribution in [0.3, 0.4) is 0 Å². The molecular weight excluding hydrogens is 1590 g/mol. The van der Waals surface area contributed by atoms with Crippen LogP contribution in [0.25, 0.3) is 133 Å². The van der Waals surface area contributed by atoms with Crippen LogP contribution in [0.4, 0.5) is 34.1 Å². The molecule has 1 unspecified atom stereocenters. The van der Waals surface area contributed by atoms with Crippen molar-refractivity contribution in [3.8, 4) is 111 Å². The van der Waals surface area contributed by atoms with Crippen molar-refractivity contribution in [3.63, 3.8) is 0 Å². The molecule has 25 rings (SSSR count). The minimum atomic E-state index is -0.755. The molecule has 0 heterocycles. The van der Waals surface area contributed by atoms with Crippen molar-refractivity contribution in [1.82, 2.24) is 0 Å². The molecule has 0 saturated heterocycles. The fourth-order valence-corrected chi connectivity index (χ4v) is 23.4. The average molecular weight is 1680 g/mol. The summed E-state index contributed by atoms with van der Waals surface area (Å²) < 4.78 is 0. The zero-order valence-corrected chi connectivity index (χ0v) is 74.1. The van der Waals surface area contributed by atoms with Gasteiger partial charge in [-0.05, 0) is 279 Å².